The molecule has 3 aliphatic heterocycles. The third-order valence-electron chi connectivity index (χ3n) is 6.89. The van der Waals surface area contributed by atoms with Gasteiger partial charge in [0.1, 0.15) is 5.69 Å². The second kappa shape index (κ2) is 7.68. The van der Waals surface area contributed by atoms with E-state index in [9.17, 15) is 18.0 Å². The predicted octanol–water partition coefficient (Wildman–Crippen LogP) is 4.02. The number of carbonyl (C=O) groups is 1. The standard InChI is InChI=1S/C24H27F3N4O2/c1-14-19-13-33-23(2,3)8-17(19)18-11-31(12-20(18)29-14)22(32)6-15-9-30(10-15)16-4-5-28-21(7-16)24(25,26)27/h4-5,7,15H,6,8-13H2,1-3H3. The highest BCUT2D eigenvalue weighted by molar-refractivity contribution is 5.78. The van der Waals surface area contributed by atoms with E-state index < -0.39 is 11.9 Å². The first-order chi connectivity index (χ1) is 15.5. The smallest absolute Gasteiger partial charge is 0.371 e. The fourth-order valence-corrected chi connectivity index (χ4v) is 5.04. The number of rotatable bonds is 3. The molecule has 0 aromatic carbocycles. The van der Waals surface area contributed by atoms with E-state index in [0.717, 1.165) is 35.0 Å². The molecule has 9 heteroatoms. The molecule has 176 valence electrons. The number of pyridine rings is 2. The fraction of sp³-hybridized carbons (Fsp3) is 0.542. The second-order valence-electron chi connectivity index (χ2n) is 9.93. The summed E-state index contributed by atoms with van der Waals surface area (Å²) in [6.07, 6.45) is -2.09. The number of fused-ring (bicyclic) bond motifs is 3. The number of hydrogen-bond donors (Lipinski definition) is 0. The van der Waals surface area contributed by atoms with Crippen LogP contribution in [0.1, 0.15) is 54.0 Å². The zero-order valence-electron chi connectivity index (χ0n) is 19.0. The molecule has 0 aliphatic carbocycles. The molecule has 0 saturated carbocycles. The zero-order chi connectivity index (χ0) is 23.5. The lowest BCUT2D eigenvalue weighted by atomic mass is 9.88. The molecule has 0 unspecified atom stereocenters. The van der Waals surface area contributed by atoms with Crippen molar-refractivity contribution in [1.29, 1.82) is 0 Å². The molecule has 5 rings (SSSR count). The number of aryl methyl sites for hydroxylation is 1. The third kappa shape index (κ3) is 4.18. The van der Waals surface area contributed by atoms with Crippen molar-refractivity contribution >= 4 is 11.6 Å². The van der Waals surface area contributed by atoms with Gasteiger partial charge in [0.05, 0.1) is 24.4 Å². The van der Waals surface area contributed by atoms with Crippen LogP contribution in [0.2, 0.25) is 0 Å². The minimum absolute atomic E-state index is 0.0704. The molecule has 5 heterocycles. The lowest BCUT2D eigenvalue weighted by Crippen LogP contribution is -2.48. The highest BCUT2D eigenvalue weighted by atomic mass is 19.4. The Hall–Kier alpha value is -2.68. The maximum atomic E-state index is 13.0. The van der Waals surface area contributed by atoms with Crippen LogP contribution in [0.3, 0.4) is 0 Å². The number of aromatic nitrogens is 2. The summed E-state index contributed by atoms with van der Waals surface area (Å²) in [6, 6.07) is 2.64. The van der Waals surface area contributed by atoms with E-state index in [2.05, 4.69) is 18.8 Å². The molecule has 2 aromatic heterocycles. The Morgan fingerprint density at radius 2 is 1.97 bits per heavy atom. The molecule has 0 N–H and O–H groups in total. The SMILES string of the molecule is Cc1nc2c(c3c1COC(C)(C)C3)CN(C(=O)CC1CN(c3ccnc(C(F)(F)F)c3)C1)C2. The van der Waals surface area contributed by atoms with Gasteiger partial charge < -0.3 is 14.5 Å². The lowest BCUT2D eigenvalue weighted by molar-refractivity contribution is -0.141. The topological polar surface area (TPSA) is 58.6 Å². The van der Waals surface area contributed by atoms with Crippen LogP contribution in [-0.2, 0) is 41.8 Å². The van der Waals surface area contributed by atoms with Crippen molar-refractivity contribution in [2.45, 2.75) is 65.1 Å². The molecule has 0 spiro atoms. The number of amides is 1. The van der Waals surface area contributed by atoms with Gasteiger partial charge in [-0.15, -0.1) is 0 Å². The van der Waals surface area contributed by atoms with E-state index in [1.54, 1.807) is 6.07 Å². The average Bonchev–Trinajstić information content (AvgIpc) is 3.13. The lowest BCUT2D eigenvalue weighted by Gasteiger charge is -2.41. The van der Waals surface area contributed by atoms with E-state index in [0.29, 0.717) is 44.9 Å². The minimum atomic E-state index is -4.46. The Bertz CT molecular complexity index is 1110. The van der Waals surface area contributed by atoms with Gasteiger partial charge >= 0.3 is 6.18 Å². The molecule has 0 atom stereocenters. The van der Waals surface area contributed by atoms with Gasteiger partial charge in [0, 0.05) is 61.5 Å². The van der Waals surface area contributed by atoms with Gasteiger partial charge in [0.15, 0.2) is 0 Å². The van der Waals surface area contributed by atoms with E-state index in [1.807, 2.05) is 16.7 Å². The van der Waals surface area contributed by atoms with Gasteiger partial charge in [-0.05, 0) is 44.0 Å². The maximum Gasteiger partial charge on any atom is 0.433 e. The quantitative estimate of drug-likeness (QED) is 0.693. The summed E-state index contributed by atoms with van der Waals surface area (Å²) in [5.41, 5.74) is 4.89. The van der Waals surface area contributed by atoms with Crippen molar-refractivity contribution in [3.05, 3.63) is 52.1 Å². The molecule has 1 fully saturated rings. The van der Waals surface area contributed by atoms with E-state index in [-0.39, 0.29) is 17.4 Å². The molecule has 0 radical (unpaired) electrons. The van der Waals surface area contributed by atoms with E-state index in [4.69, 9.17) is 9.72 Å². The number of hydrogen-bond acceptors (Lipinski definition) is 5. The molecule has 1 amide bonds. The largest absolute Gasteiger partial charge is 0.433 e. The van der Waals surface area contributed by atoms with E-state index >= 15 is 0 Å². The zero-order valence-corrected chi connectivity index (χ0v) is 19.0. The van der Waals surface area contributed by atoms with Crippen LogP contribution in [0.4, 0.5) is 18.9 Å². The molecular weight excluding hydrogens is 433 g/mol. The van der Waals surface area contributed by atoms with Crippen LogP contribution in [0.15, 0.2) is 18.3 Å². The molecule has 1 saturated heterocycles. The first kappa shape index (κ1) is 22.1. The Balaban J connectivity index is 1.22. The molecule has 2 aromatic rings. The number of nitrogens with zero attached hydrogens (tertiary/aromatic N) is 4. The van der Waals surface area contributed by atoms with Crippen molar-refractivity contribution in [3.8, 4) is 0 Å². The minimum Gasteiger partial charge on any atom is -0.371 e. The Labute approximate surface area is 190 Å². The highest BCUT2D eigenvalue weighted by Gasteiger charge is 2.37. The number of ether oxygens (including phenoxy) is 1. The van der Waals surface area contributed by atoms with Crippen molar-refractivity contribution in [3.63, 3.8) is 0 Å². The summed E-state index contributed by atoms with van der Waals surface area (Å²) >= 11 is 0. The molecule has 6 nitrogen and oxygen atoms in total. The van der Waals surface area contributed by atoms with Crippen LogP contribution in [0.25, 0.3) is 0 Å². The third-order valence-corrected chi connectivity index (χ3v) is 6.89. The molecular formula is C24H27F3N4O2. The van der Waals surface area contributed by atoms with Crippen molar-refractivity contribution < 1.29 is 22.7 Å². The number of anilines is 1. The second-order valence-corrected chi connectivity index (χ2v) is 9.93. The first-order valence-corrected chi connectivity index (χ1v) is 11.2. The number of alkyl halides is 3. The number of halogens is 3. The maximum absolute atomic E-state index is 13.0. The first-order valence-electron chi connectivity index (χ1n) is 11.2. The summed E-state index contributed by atoms with van der Waals surface area (Å²) < 4.78 is 44.7. The summed E-state index contributed by atoms with van der Waals surface area (Å²) in [5, 5.41) is 0. The van der Waals surface area contributed by atoms with Gasteiger partial charge in [0.2, 0.25) is 5.91 Å². The summed E-state index contributed by atoms with van der Waals surface area (Å²) in [4.78, 5) is 24.9. The van der Waals surface area contributed by atoms with Crippen molar-refractivity contribution in [2.75, 3.05) is 18.0 Å². The Morgan fingerprint density at radius 3 is 2.70 bits per heavy atom. The van der Waals surface area contributed by atoms with Crippen molar-refractivity contribution in [1.82, 2.24) is 14.9 Å². The van der Waals surface area contributed by atoms with Crippen LogP contribution in [0, 0.1) is 12.8 Å². The monoisotopic (exact) mass is 460 g/mol. The molecule has 33 heavy (non-hydrogen) atoms. The van der Waals surface area contributed by atoms with Gasteiger partial charge in [0.25, 0.3) is 0 Å². The van der Waals surface area contributed by atoms with Gasteiger partial charge in [-0.3, -0.25) is 14.8 Å². The van der Waals surface area contributed by atoms with Crippen LogP contribution in [-0.4, -0.2) is 39.5 Å². The summed E-state index contributed by atoms with van der Waals surface area (Å²) in [7, 11) is 0. The summed E-state index contributed by atoms with van der Waals surface area (Å²) in [6.45, 7) is 8.91. The highest BCUT2D eigenvalue weighted by Crippen LogP contribution is 2.37. The average molecular weight is 461 g/mol. The van der Waals surface area contributed by atoms with Gasteiger partial charge in [-0.25, -0.2) is 0 Å². The van der Waals surface area contributed by atoms with Crippen molar-refractivity contribution in [2.24, 2.45) is 5.92 Å². The Morgan fingerprint density at radius 1 is 1.21 bits per heavy atom. The number of carbonyl (C=O) groups excluding carboxylic acids is 1. The van der Waals surface area contributed by atoms with Crippen LogP contribution >= 0.6 is 0 Å². The fourth-order valence-electron chi connectivity index (χ4n) is 5.04. The van der Waals surface area contributed by atoms with E-state index in [1.165, 1.54) is 11.8 Å². The Kier molecular flexibility index (Phi) is 5.15. The van der Waals surface area contributed by atoms with Crippen LogP contribution < -0.4 is 4.90 Å². The molecule has 3 aliphatic rings. The predicted molar refractivity (Wildman–Crippen MR) is 115 cm³/mol. The normalized spacial score (nSPS) is 19.8. The van der Waals surface area contributed by atoms with Gasteiger partial charge in [-0.2, -0.15) is 13.2 Å². The summed E-state index contributed by atoms with van der Waals surface area (Å²) in [5.74, 6) is 0.195. The molecule has 0 bridgehead atoms. The van der Waals surface area contributed by atoms with Crippen LogP contribution in [0.5, 0.6) is 0 Å². The van der Waals surface area contributed by atoms with Gasteiger partial charge in [-0.1, -0.05) is 0 Å².